The third kappa shape index (κ3) is 3.55. The van der Waals surface area contributed by atoms with Gasteiger partial charge in [-0.15, -0.1) is 0 Å². The quantitative estimate of drug-likeness (QED) is 0.879. The van der Waals surface area contributed by atoms with Crippen LogP contribution in [0.3, 0.4) is 0 Å². The molecule has 0 aliphatic heterocycles. The molecule has 5 heteroatoms. The molecule has 0 amide bonds. The molecule has 1 aromatic heterocycles. The Hall–Kier alpha value is -1.46. The summed E-state index contributed by atoms with van der Waals surface area (Å²) in [6.07, 6.45) is 4.38. The lowest BCUT2D eigenvalue weighted by Crippen LogP contribution is -2.24. The van der Waals surface area contributed by atoms with Gasteiger partial charge < -0.3 is 10.1 Å². The fourth-order valence-electron chi connectivity index (χ4n) is 2.01. The number of methoxy groups -OCH3 is 1. The second-order valence-electron chi connectivity index (χ2n) is 4.39. The fourth-order valence-corrected chi connectivity index (χ4v) is 2.27. The summed E-state index contributed by atoms with van der Waals surface area (Å²) in [6.45, 7) is 3.04. The zero-order valence-electron chi connectivity index (χ0n) is 11.6. The van der Waals surface area contributed by atoms with Crippen LogP contribution in [0.4, 0.5) is 0 Å². The molecular weight excluding hydrogens is 318 g/mol. The topological polar surface area (TPSA) is 47.0 Å². The minimum absolute atomic E-state index is 0.0216. The third-order valence-corrected chi connectivity index (χ3v) is 3.49. The van der Waals surface area contributed by atoms with Gasteiger partial charge in [0, 0.05) is 16.9 Å². The van der Waals surface area contributed by atoms with Crippen molar-refractivity contribution in [3.63, 3.8) is 0 Å². The highest BCUT2D eigenvalue weighted by atomic mass is 79.9. The minimum Gasteiger partial charge on any atom is -0.480 e. The van der Waals surface area contributed by atoms with Gasteiger partial charge in [0.15, 0.2) is 0 Å². The third-order valence-electron chi connectivity index (χ3n) is 2.96. The van der Waals surface area contributed by atoms with Crippen LogP contribution < -0.4 is 10.1 Å². The summed E-state index contributed by atoms with van der Waals surface area (Å²) < 4.78 is 6.39. The van der Waals surface area contributed by atoms with Crippen molar-refractivity contribution < 1.29 is 4.74 Å². The van der Waals surface area contributed by atoms with Crippen molar-refractivity contribution in [2.75, 3.05) is 13.7 Å². The maximum Gasteiger partial charge on any atom is 0.237 e. The largest absolute Gasteiger partial charge is 0.480 e. The monoisotopic (exact) mass is 335 g/mol. The van der Waals surface area contributed by atoms with Crippen molar-refractivity contribution in [3.8, 4) is 5.88 Å². The van der Waals surface area contributed by atoms with Crippen LogP contribution in [-0.4, -0.2) is 23.6 Å². The molecule has 0 aliphatic carbocycles. The van der Waals surface area contributed by atoms with E-state index >= 15 is 0 Å². The zero-order chi connectivity index (χ0) is 14.4. The van der Waals surface area contributed by atoms with Crippen molar-refractivity contribution in [2.45, 2.75) is 19.4 Å². The number of nitrogens with zero attached hydrogens (tertiary/aromatic N) is 2. The molecule has 0 saturated heterocycles. The Bertz CT molecular complexity index is 545. The summed E-state index contributed by atoms with van der Waals surface area (Å²) in [4.78, 5) is 8.68. The summed E-state index contributed by atoms with van der Waals surface area (Å²) in [5, 5.41) is 3.50. The van der Waals surface area contributed by atoms with Crippen LogP contribution in [0.25, 0.3) is 0 Å². The van der Waals surface area contributed by atoms with Crippen molar-refractivity contribution in [1.82, 2.24) is 15.3 Å². The first-order valence-electron chi connectivity index (χ1n) is 6.60. The Balaban J connectivity index is 2.38. The van der Waals surface area contributed by atoms with E-state index in [9.17, 15) is 0 Å². The zero-order valence-corrected chi connectivity index (χ0v) is 13.2. The number of halogens is 1. The fraction of sp³-hybridized carbons (Fsp3) is 0.333. The number of nitrogens with one attached hydrogen (secondary N) is 1. The summed E-state index contributed by atoms with van der Waals surface area (Å²) in [5.41, 5.74) is 1.95. The molecule has 106 valence electrons. The normalized spacial score (nSPS) is 12.2. The smallest absolute Gasteiger partial charge is 0.237 e. The van der Waals surface area contributed by atoms with Crippen LogP contribution in [0.2, 0.25) is 0 Å². The molecular formula is C15H18BrN3O. The van der Waals surface area contributed by atoms with Gasteiger partial charge >= 0.3 is 0 Å². The first kappa shape index (κ1) is 14.9. The van der Waals surface area contributed by atoms with Crippen LogP contribution >= 0.6 is 15.9 Å². The van der Waals surface area contributed by atoms with E-state index in [2.05, 4.69) is 50.3 Å². The molecule has 1 heterocycles. The summed E-state index contributed by atoms with van der Waals surface area (Å²) in [6, 6.07) is 8.18. The average Bonchev–Trinajstić information content (AvgIpc) is 2.50. The highest BCUT2D eigenvalue weighted by Gasteiger charge is 2.19. The highest BCUT2D eigenvalue weighted by Crippen LogP contribution is 2.27. The number of ether oxygens (including phenoxy) is 1. The first-order chi connectivity index (χ1) is 9.76. The van der Waals surface area contributed by atoms with Gasteiger partial charge in [-0.05, 0) is 30.7 Å². The Kier molecular flexibility index (Phi) is 5.49. The van der Waals surface area contributed by atoms with Crippen molar-refractivity contribution in [3.05, 3.63) is 52.4 Å². The molecule has 1 atom stereocenters. The van der Waals surface area contributed by atoms with Gasteiger partial charge in [-0.3, -0.25) is 4.98 Å². The molecule has 2 aromatic rings. The predicted molar refractivity (Wildman–Crippen MR) is 82.9 cm³/mol. The Morgan fingerprint density at radius 2 is 1.90 bits per heavy atom. The number of aromatic nitrogens is 2. The molecule has 0 radical (unpaired) electrons. The SMILES string of the molecule is CCCNC(c1ccc(Br)cc1)c1nccnc1OC. The Morgan fingerprint density at radius 1 is 1.20 bits per heavy atom. The van der Waals surface area contributed by atoms with Crippen LogP contribution in [0.1, 0.15) is 30.6 Å². The molecule has 0 saturated carbocycles. The van der Waals surface area contributed by atoms with Crippen molar-refractivity contribution >= 4 is 15.9 Å². The molecule has 0 bridgehead atoms. The van der Waals surface area contributed by atoms with Crippen LogP contribution in [0.5, 0.6) is 5.88 Å². The minimum atomic E-state index is -0.0216. The number of benzene rings is 1. The molecule has 20 heavy (non-hydrogen) atoms. The molecule has 0 aliphatic rings. The summed E-state index contributed by atoms with van der Waals surface area (Å²) >= 11 is 3.46. The van der Waals surface area contributed by atoms with Gasteiger partial charge in [0.1, 0.15) is 5.69 Å². The maximum atomic E-state index is 5.33. The lowest BCUT2D eigenvalue weighted by molar-refractivity contribution is 0.382. The van der Waals surface area contributed by atoms with E-state index in [1.54, 1.807) is 19.5 Å². The second-order valence-corrected chi connectivity index (χ2v) is 5.31. The van der Waals surface area contributed by atoms with Crippen LogP contribution in [0.15, 0.2) is 41.1 Å². The average molecular weight is 336 g/mol. The highest BCUT2D eigenvalue weighted by molar-refractivity contribution is 9.10. The molecule has 4 nitrogen and oxygen atoms in total. The van der Waals surface area contributed by atoms with E-state index in [1.165, 1.54) is 0 Å². The maximum absolute atomic E-state index is 5.33. The number of hydrogen-bond acceptors (Lipinski definition) is 4. The van der Waals surface area contributed by atoms with E-state index in [4.69, 9.17) is 4.74 Å². The molecule has 0 fully saturated rings. The number of hydrogen-bond donors (Lipinski definition) is 1. The summed E-state index contributed by atoms with van der Waals surface area (Å²) in [5.74, 6) is 0.559. The van der Waals surface area contributed by atoms with Gasteiger partial charge in [-0.2, -0.15) is 0 Å². The van der Waals surface area contributed by atoms with E-state index < -0.39 is 0 Å². The molecule has 1 N–H and O–H groups in total. The predicted octanol–water partition coefficient (Wildman–Crippen LogP) is 3.34. The van der Waals surface area contributed by atoms with E-state index in [0.717, 1.165) is 28.7 Å². The lowest BCUT2D eigenvalue weighted by Gasteiger charge is -2.20. The van der Waals surface area contributed by atoms with Gasteiger partial charge in [0.05, 0.1) is 13.2 Å². The van der Waals surface area contributed by atoms with Crippen LogP contribution in [-0.2, 0) is 0 Å². The summed E-state index contributed by atoms with van der Waals surface area (Å²) in [7, 11) is 1.62. The van der Waals surface area contributed by atoms with Crippen molar-refractivity contribution in [1.29, 1.82) is 0 Å². The lowest BCUT2D eigenvalue weighted by atomic mass is 10.0. The van der Waals surface area contributed by atoms with Gasteiger partial charge in [0.25, 0.3) is 0 Å². The molecule has 1 unspecified atom stereocenters. The Morgan fingerprint density at radius 3 is 2.55 bits per heavy atom. The molecule has 0 spiro atoms. The standard InChI is InChI=1S/C15H18BrN3O/c1-3-8-17-13(11-4-6-12(16)7-5-11)14-15(20-2)19-10-9-18-14/h4-7,9-10,13,17H,3,8H2,1-2H3. The van der Waals surface area contributed by atoms with Crippen molar-refractivity contribution in [2.24, 2.45) is 0 Å². The molecule has 2 rings (SSSR count). The van der Waals surface area contributed by atoms with E-state index in [1.807, 2.05) is 12.1 Å². The van der Waals surface area contributed by atoms with E-state index in [-0.39, 0.29) is 6.04 Å². The first-order valence-corrected chi connectivity index (χ1v) is 7.39. The van der Waals surface area contributed by atoms with E-state index in [0.29, 0.717) is 5.88 Å². The van der Waals surface area contributed by atoms with Crippen LogP contribution in [0, 0.1) is 0 Å². The van der Waals surface area contributed by atoms with Gasteiger partial charge in [-0.1, -0.05) is 35.0 Å². The molecule has 1 aromatic carbocycles. The number of rotatable bonds is 6. The second kappa shape index (κ2) is 7.36. The van der Waals surface area contributed by atoms with Gasteiger partial charge in [-0.25, -0.2) is 4.98 Å². The Labute approximate surface area is 127 Å². The van der Waals surface area contributed by atoms with Gasteiger partial charge in [0.2, 0.25) is 5.88 Å².